The molecule has 2 aromatic carbocycles. The zero-order chi connectivity index (χ0) is 17.4. The van der Waals surface area contributed by atoms with E-state index in [0.29, 0.717) is 24.7 Å². The van der Waals surface area contributed by atoms with Gasteiger partial charge in [0, 0.05) is 18.5 Å². The van der Waals surface area contributed by atoms with Crippen molar-refractivity contribution in [2.75, 3.05) is 13.3 Å². The molecule has 3 nitrogen and oxygen atoms in total. The van der Waals surface area contributed by atoms with Crippen LogP contribution in [0.1, 0.15) is 49.4 Å². The normalized spacial score (nSPS) is 23.4. The molecule has 3 atom stereocenters. The van der Waals surface area contributed by atoms with Gasteiger partial charge >= 0.3 is 0 Å². The number of fused-ring (bicyclic) bond motifs is 2. The van der Waals surface area contributed by atoms with Gasteiger partial charge in [-0.1, -0.05) is 48.9 Å². The van der Waals surface area contributed by atoms with Crippen LogP contribution in [0.25, 0.3) is 0 Å². The quantitative estimate of drug-likeness (QED) is 0.815. The summed E-state index contributed by atoms with van der Waals surface area (Å²) in [5.41, 5.74) is 5.40. The first-order valence-electron chi connectivity index (χ1n) is 9.00. The molecule has 0 radical (unpaired) electrons. The molecule has 0 unspecified atom stereocenters. The minimum absolute atomic E-state index is 0.310. The SMILES string of the molecule is CC(C)=CCN[C@@H]1c2cc3c(cc2[C@H](c2ccccc2)[C@H]1C)OCO3. The highest BCUT2D eigenvalue weighted by Crippen LogP contribution is 2.52. The molecule has 1 aliphatic carbocycles. The number of benzene rings is 2. The van der Waals surface area contributed by atoms with Gasteiger partial charge in [-0.25, -0.2) is 0 Å². The van der Waals surface area contributed by atoms with Crippen LogP contribution in [0.4, 0.5) is 0 Å². The van der Waals surface area contributed by atoms with E-state index >= 15 is 0 Å². The number of rotatable bonds is 4. The van der Waals surface area contributed by atoms with Gasteiger partial charge in [0.05, 0.1) is 0 Å². The summed E-state index contributed by atoms with van der Waals surface area (Å²) in [5.74, 6) is 2.57. The average Bonchev–Trinajstić information content (AvgIpc) is 3.16. The van der Waals surface area contributed by atoms with Crippen LogP contribution in [-0.4, -0.2) is 13.3 Å². The molecule has 0 spiro atoms. The van der Waals surface area contributed by atoms with Crippen molar-refractivity contribution in [2.24, 2.45) is 5.92 Å². The molecule has 130 valence electrons. The van der Waals surface area contributed by atoms with Crippen molar-refractivity contribution in [3.05, 3.63) is 70.8 Å². The highest BCUT2D eigenvalue weighted by molar-refractivity contribution is 5.55. The molecule has 1 N–H and O–H groups in total. The Bertz CT molecular complexity index is 793. The molecular weight excluding hydrogens is 310 g/mol. The van der Waals surface area contributed by atoms with E-state index in [9.17, 15) is 0 Å². The van der Waals surface area contributed by atoms with Crippen molar-refractivity contribution in [1.29, 1.82) is 0 Å². The third-order valence-corrected chi connectivity index (χ3v) is 5.31. The minimum atomic E-state index is 0.310. The van der Waals surface area contributed by atoms with Crippen LogP contribution in [0.2, 0.25) is 0 Å². The van der Waals surface area contributed by atoms with Crippen LogP contribution in [0.15, 0.2) is 54.1 Å². The number of allylic oxidation sites excluding steroid dienone is 1. The summed E-state index contributed by atoms with van der Waals surface area (Å²) in [6, 6.07) is 15.5. The highest BCUT2D eigenvalue weighted by Gasteiger charge is 2.40. The second kappa shape index (κ2) is 6.57. The van der Waals surface area contributed by atoms with Gasteiger partial charge in [-0.15, -0.1) is 0 Å². The van der Waals surface area contributed by atoms with E-state index in [-0.39, 0.29) is 0 Å². The van der Waals surface area contributed by atoms with Crippen molar-refractivity contribution < 1.29 is 9.47 Å². The van der Waals surface area contributed by atoms with E-state index in [1.54, 1.807) is 0 Å². The Hall–Kier alpha value is -2.26. The van der Waals surface area contributed by atoms with Crippen molar-refractivity contribution in [3.63, 3.8) is 0 Å². The first-order chi connectivity index (χ1) is 12.1. The lowest BCUT2D eigenvalue weighted by atomic mass is 9.86. The molecule has 3 heteroatoms. The molecular formula is C22H25NO2. The fraction of sp³-hybridized carbons (Fsp3) is 0.364. The van der Waals surface area contributed by atoms with Crippen LogP contribution in [0.5, 0.6) is 11.5 Å². The molecule has 0 saturated heterocycles. The van der Waals surface area contributed by atoms with Gasteiger partial charge in [-0.3, -0.25) is 0 Å². The summed E-state index contributed by atoms with van der Waals surface area (Å²) in [5, 5.41) is 3.74. The largest absolute Gasteiger partial charge is 0.454 e. The smallest absolute Gasteiger partial charge is 0.231 e. The first kappa shape index (κ1) is 16.2. The molecule has 0 aromatic heterocycles. The lowest BCUT2D eigenvalue weighted by Gasteiger charge is -2.22. The number of hydrogen-bond acceptors (Lipinski definition) is 3. The molecule has 25 heavy (non-hydrogen) atoms. The van der Waals surface area contributed by atoms with E-state index in [1.165, 1.54) is 22.3 Å². The van der Waals surface area contributed by atoms with Crippen LogP contribution in [-0.2, 0) is 0 Å². The zero-order valence-corrected chi connectivity index (χ0v) is 15.1. The highest BCUT2D eigenvalue weighted by atomic mass is 16.7. The van der Waals surface area contributed by atoms with Crippen molar-refractivity contribution in [3.8, 4) is 11.5 Å². The van der Waals surface area contributed by atoms with Gasteiger partial charge < -0.3 is 14.8 Å². The van der Waals surface area contributed by atoms with Gasteiger partial charge in [0.25, 0.3) is 0 Å². The molecule has 0 saturated carbocycles. The maximum absolute atomic E-state index is 5.64. The van der Waals surface area contributed by atoms with E-state index in [0.717, 1.165) is 18.0 Å². The van der Waals surface area contributed by atoms with E-state index in [2.05, 4.69) is 74.6 Å². The summed E-state index contributed by atoms with van der Waals surface area (Å²) in [7, 11) is 0. The van der Waals surface area contributed by atoms with Gasteiger partial charge in [0.1, 0.15) is 0 Å². The zero-order valence-electron chi connectivity index (χ0n) is 15.1. The average molecular weight is 335 g/mol. The maximum Gasteiger partial charge on any atom is 0.231 e. The summed E-state index contributed by atoms with van der Waals surface area (Å²) < 4.78 is 11.3. The summed E-state index contributed by atoms with van der Waals surface area (Å²) in [6.45, 7) is 7.81. The van der Waals surface area contributed by atoms with Crippen LogP contribution in [0.3, 0.4) is 0 Å². The molecule has 0 fully saturated rings. The Balaban J connectivity index is 1.75. The summed E-state index contributed by atoms with van der Waals surface area (Å²) in [4.78, 5) is 0. The van der Waals surface area contributed by atoms with Crippen molar-refractivity contribution >= 4 is 0 Å². The van der Waals surface area contributed by atoms with Crippen LogP contribution >= 0.6 is 0 Å². The Morgan fingerprint density at radius 1 is 1.08 bits per heavy atom. The Labute approximate surface area is 149 Å². The second-order valence-electron chi connectivity index (χ2n) is 7.25. The molecule has 2 aromatic rings. The van der Waals surface area contributed by atoms with Gasteiger partial charge in [0.2, 0.25) is 6.79 Å². The van der Waals surface area contributed by atoms with E-state index < -0.39 is 0 Å². The molecule has 1 heterocycles. The fourth-order valence-electron chi connectivity index (χ4n) is 4.10. The van der Waals surface area contributed by atoms with E-state index in [4.69, 9.17) is 9.47 Å². The van der Waals surface area contributed by atoms with Crippen LogP contribution in [0, 0.1) is 5.92 Å². The van der Waals surface area contributed by atoms with Gasteiger partial charge in [-0.2, -0.15) is 0 Å². The predicted octanol–water partition coefficient (Wildman–Crippen LogP) is 4.79. The molecule has 0 amide bonds. The Morgan fingerprint density at radius 2 is 1.76 bits per heavy atom. The van der Waals surface area contributed by atoms with Crippen LogP contribution < -0.4 is 14.8 Å². The standard InChI is InChI=1S/C22H25NO2/c1-14(2)9-10-23-22-15(3)21(16-7-5-4-6-8-16)17-11-19-20(12-18(17)22)25-13-24-19/h4-9,11-12,15,21-23H,10,13H2,1-3H3/t15-,21+,22+/m1/s1. The van der Waals surface area contributed by atoms with Crippen molar-refractivity contribution in [2.45, 2.75) is 32.7 Å². The third-order valence-electron chi connectivity index (χ3n) is 5.31. The number of nitrogens with one attached hydrogen (secondary N) is 1. The molecule has 0 bridgehead atoms. The van der Waals surface area contributed by atoms with Gasteiger partial charge in [-0.05, 0) is 48.6 Å². The predicted molar refractivity (Wildman–Crippen MR) is 100 cm³/mol. The van der Waals surface area contributed by atoms with Gasteiger partial charge in [0.15, 0.2) is 11.5 Å². The molecule has 1 aliphatic heterocycles. The number of ether oxygens (including phenoxy) is 2. The summed E-state index contributed by atoms with van der Waals surface area (Å²) in [6.07, 6.45) is 2.25. The summed E-state index contributed by atoms with van der Waals surface area (Å²) >= 11 is 0. The first-order valence-corrected chi connectivity index (χ1v) is 9.00. The Morgan fingerprint density at radius 3 is 2.44 bits per heavy atom. The fourth-order valence-corrected chi connectivity index (χ4v) is 4.10. The molecule has 4 rings (SSSR count). The minimum Gasteiger partial charge on any atom is -0.454 e. The molecule has 2 aliphatic rings. The lowest BCUT2D eigenvalue weighted by molar-refractivity contribution is 0.173. The lowest BCUT2D eigenvalue weighted by Crippen LogP contribution is -2.25. The maximum atomic E-state index is 5.64. The Kier molecular flexibility index (Phi) is 4.26. The second-order valence-corrected chi connectivity index (χ2v) is 7.25. The third kappa shape index (κ3) is 2.93. The number of hydrogen-bond donors (Lipinski definition) is 1. The monoisotopic (exact) mass is 335 g/mol. The van der Waals surface area contributed by atoms with E-state index in [1.807, 2.05) is 0 Å². The van der Waals surface area contributed by atoms with Crippen molar-refractivity contribution in [1.82, 2.24) is 5.32 Å². The topological polar surface area (TPSA) is 30.5 Å².